The van der Waals surface area contributed by atoms with Gasteiger partial charge in [-0.2, -0.15) is 0 Å². The Balaban J connectivity index is 1.73. The summed E-state index contributed by atoms with van der Waals surface area (Å²) in [5, 5.41) is 3.38. The van der Waals surface area contributed by atoms with Crippen LogP contribution in [0.3, 0.4) is 0 Å². The molecule has 92 valence electrons. The van der Waals surface area contributed by atoms with E-state index in [1.165, 1.54) is 5.56 Å². The molecule has 3 rings (SSSR count). The molecule has 17 heavy (non-hydrogen) atoms. The summed E-state index contributed by atoms with van der Waals surface area (Å²) in [7, 11) is 0. The number of ether oxygens (including phenoxy) is 2. The van der Waals surface area contributed by atoms with Gasteiger partial charge in [0.25, 0.3) is 0 Å². The molecule has 2 fully saturated rings. The van der Waals surface area contributed by atoms with E-state index >= 15 is 0 Å². The van der Waals surface area contributed by atoms with Crippen LogP contribution in [0.2, 0.25) is 0 Å². The topological polar surface area (TPSA) is 43.4 Å². The highest BCUT2D eigenvalue weighted by Crippen LogP contribution is 2.37. The van der Waals surface area contributed by atoms with Crippen molar-refractivity contribution < 1.29 is 9.47 Å². The lowest BCUT2D eigenvalue weighted by molar-refractivity contribution is -0.0942. The number of pyridine rings is 1. The summed E-state index contributed by atoms with van der Waals surface area (Å²) in [6.07, 6.45) is 5.05. The standard InChI is InChI=1S/C13H18N2O2/c1-3-14-4-2-11(1)13(9-16-10-13)7-12-8-15-5-6-17-12/h1-4,12,15H,5-10H2. The Hall–Kier alpha value is -0.970. The smallest absolute Gasteiger partial charge is 0.0710 e. The Morgan fingerprint density at radius 3 is 2.76 bits per heavy atom. The van der Waals surface area contributed by atoms with Crippen LogP contribution in [0, 0.1) is 0 Å². The molecule has 0 spiro atoms. The van der Waals surface area contributed by atoms with Crippen molar-refractivity contribution in [1.29, 1.82) is 0 Å². The van der Waals surface area contributed by atoms with Crippen molar-refractivity contribution in [2.45, 2.75) is 17.9 Å². The summed E-state index contributed by atoms with van der Waals surface area (Å²) in [6.45, 7) is 4.34. The lowest BCUT2D eigenvalue weighted by Crippen LogP contribution is -2.52. The SMILES string of the molecule is c1cc(C2(CC3CNCCO3)COC2)ccn1. The largest absolute Gasteiger partial charge is 0.379 e. The molecule has 0 aliphatic carbocycles. The van der Waals surface area contributed by atoms with Gasteiger partial charge in [0.05, 0.1) is 25.9 Å². The fraction of sp³-hybridized carbons (Fsp3) is 0.615. The van der Waals surface area contributed by atoms with Gasteiger partial charge in [0.2, 0.25) is 0 Å². The molecular weight excluding hydrogens is 216 g/mol. The third-order valence-corrected chi connectivity index (χ3v) is 3.67. The van der Waals surface area contributed by atoms with Crippen LogP contribution in [0.4, 0.5) is 0 Å². The second kappa shape index (κ2) is 4.72. The zero-order valence-corrected chi connectivity index (χ0v) is 9.89. The van der Waals surface area contributed by atoms with Crippen LogP contribution in [0.5, 0.6) is 0 Å². The second-order valence-electron chi connectivity index (χ2n) is 4.91. The molecule has 2 aliphatic heterocycles. The van der Waals surface area contributed by atoms with Crippen LogP contribution < -0.4 is 5.32 Å². The van der Waals surface area contributed by atoms with Gasteiger partial charge in [-0.1, -0.05) is 0 Å². The van der Waals surface area contributed by atoms with E-state index < -0.39 is 0 Å². The molecule has 0 radical (unpaired) electrons. The summed E-state index contributed by atoms with van der Waals surface area (Å²) in [4.78, 5) is 4.08. The maximum Gasteiger partial charge on any atom is 0.0710 e. The molecule has 0 aromatic carbocycles. The van der Waals surface area contributed by atoms with Gasteiger partial charge in [-0.3, -0.25) is 4.98 Å². The van der Waals surface area contributed by atoms with Crippen molar-refractivity contribution in [3.8, 4) is 0 Å². The van der Waals surface area contributed by atoms with Crippen molar-refractivity contribution in [3.63, 3.8) is 0 Å². The molecule has 0 saturated carbocycles. The van der Waals surface area contributed by atoms with Crippen LogP contribution in [0.15, 0.2) is 24.5 Å². The summed E-state index contributed by atoms with van der Waals surface area (Å²) >= 11 is 0. The number of morpholine rings is 1. The first-order chi connectivity index (χ1) is 8.39. The van der Waals surface area contributed by atoms with Crippen molar-refractivity contribution in [1.82, 2.24) is 10.3 Å². The Morgan fingerprint density at radius 1 is 1.35 bits per heavy atom. The molecule has 0 amide bonds. The third-order valence-electron chi connectivity index (χ3n) is 3.67. The first kappa shape index (κ1) is 11.1. The van der Waals surface area contributed by atoms with Crippen molar-refractivity contribution in [2.24, 2.45) is 0 Å². The molecule has 1 unspecified atom stereocenters. The van der Waals surface area contributed by atoms with E-state index in [1.54, 1.807) is 0 Å². The highest BCUT2D eigenvalue weighted by atomic mass is 16.5. The predicted molar refractivity (Wildman–Crippen MR) is 64.0 cm³/mol. The first-order valence-electron chi connectivity index (χ1n) is 6.20. The zero-order chi connectivity index (χ0) is 11.6. The van der Waals surface area contributed by atoms with Gasteiger partial charge in [-0.15, -0.1) is 0 Å². The monoisotopic (exact) mass is 234 g/mol. The molecule has 1 N–H and O–H groups in total. The van der Waals surface area contributed by atoms with Gasteiger partial charge in [0.1, 0.15) is 0 Å². The molecule has 2 saturated heterocycles. The van der Waals surface area contributed by atoms with Crippen molar-refractivity contribution >= 4 is 0 Å². The van der Waals surface area contributed by atoms with Crippen LogP contribution in [-0.4, -0.2) is 44.0 Å². The van der Waals surface area contributed by atoms with E-state index in [0.29, 0.717) is 6.10 Å². The lowest BCUT2D eigenvalue weighted by Gasteiger charge is -2.44. The minimum Gasteiger partial charge on any atom is -0.379 e. The van der Waals surface area contributed by atoms with Gasteiger partial charge < -0.3 is 14.8 Å². The van der Waals surface area contributed by atoms with Gasteiger partial charge in [-0.25, -0.2) is 0 Å². The number of hydrogen-bond acceptors (Lipinski definition) is 4. The normalized spacial score (nSPS) is 27.4. The van der Waals surface area contributed by atoms with Gasteiger partial charge in [-0.05, 0) is 24.1 Å². The van der Waals surface area contributed by atoms with E-state index in [4.69, 9.17) is 9.47 Å². The van der Waals surface area contributed by atoms with Crippen LogP contribution in [0.1, 0.15) is 12.0 Å². The number of nitrogens with zero attached hydrogens (tertiary/aromatic N) is 1. The van der Waals surface area contributed by atoms with E-state index in [0.717, 1.165) is 39.3 Å². The predicted octanol–water partition coefficient (Wildman–Crippen LogP) is 0.728. The summed E-state index contributed by atoms with van der Waals surface area (Å²) < 4.78 is 11.2. The highest BCUT2D eigenvalue weighted by Gasteiger charge is 2.42. The first-order valence-corrected chi connectivity index (χ1v) is 6.20. The molecule has 0 bridgehead atoms. The number of rotatable bonds is 3. The molecule has 1 aromatic rings. The minimum absolute atomic E-state index is 0.145. The molecule has 4 heteroatoms. The Morgan fingerprint density at radius 2 is 2.18 bits per heavy atom. The molecule has 1 atom stereocenters. The Labute approximate surface area is 101 Å². The highest BCUT2D eigenvalue weighted by molar-refractivity contribution is 5.26. The molecular formula is C13H18N2O2. The summed E-state index contributed by atoms with van der Waals surface area (Å²) in [5.74, 6) is 0. The molecule has 3 heterocycles. The second-order valence-corrected chi connectivity index (χ2v) is 4.91. The minimum atomic E-state index is 0.145. The average Bonchev–Trinajstić information content (AvgIpc) is 2.36. The quantitative estimate of drug-likeness (QED) is 0.837. The van der Waals surface area contributed by atoms with E-state index in [-0.39, 0.29) is 5.41 Å². The number of aromatic nitrogens is 1. The summed E-state index contributed by atoms with van der Waals surface area (Å²) in [6, 6.07) is 4.19. The van der Waals surface area contributed by atoms with Crippen LogP contribution in [0.25, 0.3) is 0 Å². The lowest BCUT2D eigenvalue weighted by atomic mass is 9.74. The van der Waals surface area contributed by atoms with E-state index in [1.807, 2.05) is 12.4 Å². The Kier molecular flexibility index (Phi) is 3.09. The van der Waals surface area contributed by atoms with Crippen LogP contribution >= 0.6 is 0 Å². The van der Waals surface area contributed by atoms with Crippen LogP contribution in [-0.2, 0) is 14.9 Å². The van der Waals surface area contributed by atoms with Gasteiger partial charge in [0, 0.05) is 30.9 Å². The van der Waals surface area contributed by atoms with Gasteiger partial charge >= 0.3 is 0 Å². The van der Waals surface area contributed by atoms with Crippen molar-refractivity contribution in [3.05, 3.63) is 30.1 Å². The fourth-order valence-corrected chi connectivity index (χ4v) is 2.64. The summed E-state index contributed by atoms with van der Waals surface area (Å²) in [5.41, 5.74) is 1.47. The molecule has 4 nitrogen and oxygen atoms in total. The van der Waals surface area contributed by atoms with Crippen molar-refractivity contribution in [2.75, 3.05) is 32.9 Å². The van der Waals surface area contributed by atoms with Gasteiger partial charge in [0.15, 0.2) is 0 Å². The van der Waals surface area contributed by atoms with E-state index in [2.05, 4.69) is 22.4 Å². The molecule has 1 aromatic heterocycles. The zero-order valence-electron chi connectivity index (χ0n) is 9.89. The average molecular weight is 234 g/mol. The maximum absolute atomic E-state index is 5.80. The number of nitrogens with one attached hydrogen (secondary N) is 1. The maximum atomic E-state index is 5.80. The fourth-order valence-electron chi connectivity index (χ4n) is 2.64. The third kappa shape index (κ3) is 2.20. The molecule has 2 aliphatic rings. The number of hydrogen-bond donors (Lipinski definition) is 1. The Bertz CT molecular complexity index is 359. The van der Waals surface area contributed by atoms with E-state index in [9.17, 15) is 0 Å².